The van der Waals surface area contributed by atoms with Gasteiger partial charge in [0.05, 0.1) is 19.8 Å². The Labute approximate surface area is 371 Å². The number of nitrogens with zero attached hydrogens (tertiary/aromatic N) is 3. The molecule has 67 heavy (non-hydrogen) atoms. The Balaban J connectivity index is 1.23. The van der Waals surface area contributed by atoms with Crippen LogP contribution in [0.3, 0.4) is 0 Å². The smallest absolute Gasteiger partial charge is 0.457 e. The van der Waals surface area contributed by atoms with Crippen molar-refractivity contribution in [1.82, 2.24) is 28.7 Å². The summed E-state index contributed by atoms with van der Waals surface area (Å²) in [4.78, 5) is 132. The SMILES string of the molecule is CC(=O)O[C@H]1[C@@H](O)[C@H](n2cc(C)c(=O)[nH]c2=O)O[C@@H]1COP(=O)(O)O[C@H]1[C@@H](O)[C@H](n2cc(C)c(=O)[nH]c2=O)O[C@@H]1COP(=O)(O)O[C@H]1[C@@H](O)[C@H](n2cc(C)c(=O)[nH]c2=O)O[C@@H]1COP(=O)(O)O. The molecule has 0 bridgehead atoms. The molecule has 14 atom stereocenters. The molecule has 0 amide bonds. The number of aliphatic hydroxyl groups excluding tert-OH is 3. The van der Waals surface area contributed by atoms with E-state index < -0.39 is 157 Å². The van der Waals surface area contributed by atoms with Gasteiger partial charge in [0.1, 0.15) is 48.8 Å². The van der Waals surface area contributed by atoms with Crippen LogP contribution in [0.15, 0.2) is 47.4 Å². The molecule has 10 N–H and O–H groups in total. The van der Waals surface area contributed by atoms with Gasteiger partial charge in [-0.2, -0.15) is 0 Å². The van der Waals surface area contributed by atoms with Crippen molar-refractivity contribution in [3.05, 3.63) is 97.8 Å². The number of phosphoric acid groups is 3. The number of H-pyrrole nitrogens is 3. The van der Waals surface area contributed by atoms with Gasteiger partial charge in [0.25, 0.3) is 16.7 Å². The van der Waals surface area contributed by atoms with E-state index in [1.807, 2.05) is 15.0 Å². The number of hydrogen-bond acceptors (Lipinski definition) is 22. The molecule has 32 nitrogen and oxygen atoms in total. The van der Waals surface area contributed by atoms with Crippen molar-refractivity contribution in [3.63, 3.8) is 0 Å². The van der Waals surface area contributed by atoms with E-state index in [1.165, 1.54) is 20.8 Å². The van der Waals surface area contributed by atoms with E-state index in [9.17, 15) is 82.2 Å². The molecule has 3 aliphatic heterocycles. The van der Waals surface area contributed by atoms with Crippen molar-refractivity contribution in [2.45, 2.75) is 101 Å². The molecular weight excluding hydrogens is 977 g/mol. The van der Waals surface area contributed by atoms with Gasteiger partial charge in [-0.15, -0.1) is 0 Å². The Hall–Kier alpha value is -4.40. The zero-order chi connectivity index (χ0) is 49.7. The first-order valence-corrected chi connectivity index (χ1v) is 23.7. The van der Waals surface area contributed by atoms with Gasteiger partial charge in [-0.3, -0.25) is 70.5 Å². The third-order valence-electron chi connectivity index (χ3n) is 10.2. The van der Waals surface area contributed by atoms with E-state index in [2.05, 4.69) is 4.52 Å². The van der Waals surface area contributed by atoms with Gasteiger partial charge < -0.3 is 53.8 Å². The van der Waals surface area contributed by atoms with Gasteiger partial charge in [-0.1, -0.05) is 0 Å². The number of nitrogens with one attached hydrogen (secondary N) is 3. The van der Waals surface area contributed by atoms with Gasteiger partial charge in [0, 0.05) is 42.2 Å². The minimum absolute atomic E-state index is 0.00330. The van der Waals surface area contributed by atoms with E-state index in [0.717, 1.165) is 30.1 Å². The Morgan fingerprint density at radius 2 is 0.866 bits per heavy atom. The van der Waals surface area contributed by atoms with Crippen LogP contribution in [-0.2, 0) is 60.1 Å². The van der Waals surface area contributed by atoms with Crippen LogP contribution < -0.4 is 33.7 Å². The third kappa shape index (κ3) is 11.9. The lowest BCUT2D eigenvalue weighted by atomic mass is 10.1. The molecule has 0 aromatic carbocycles. The Morgan fingerprint density at radius 3 is 1.18 bits per heavy atom. The van der Waals surface area contributed by atoms with E-state index in [-0.39, 0.29) is 16.7 Å². The van der Waals surface area contributed by atoms with Crippen LogP contribution in [-0.4, -0.2) is 144 Å². The standard InChI is InChI=1S/C32H43N6O26P3/c1-11-5-36(30(46)33-24(11)43)27-18(40)21(59-14(4)39)15(60-27)9-57-66(52,53)64-23-17(62-29(20(23)42)38-7-13(3)26(45)35-32(38)48)10-58-67(54,55)63-22-16(8-56-65(49,50)51)61-28(19(22)41)37-6-12(2)25(44)34-31(37)47/h5-7,15-23,27-29,40-42H,8-10H2,1-4H3,(H,52,53)(H,54,55)(H,33,43,46)(H,34,44,47)(H,35,45,48)(H2,49,50,51)/t15-,16-,17-,18-,19-,20-,21-,22-,23-,27-,28-,29-/m1/s1. The van der Waals surface area contributed by atoms with E-state index in [4.69, 9.17) is 37.0 Å². The molecule has 0 radical (unpaired) electrons. The van der Waals surface area contributed by atoms with Gasteiger partial charge in [-0.25, -0.2) is 28.1 Å². The molecule has 3 aromatic heterocycles. The van der Waals surface area contributed by atoms with Crippen LogP contribution in [0, 0.1) is 20.8 Å². The number of phosphoric ester groups is 3. The fraction of sp³-hybridized carbons (Fsp3) is 0.594. The van der Waals surface area contributed by atoms with Gasteiger partial charge in [0.15, 0.2) is 24.8 Å². The van der Waals surface area contributed by atoms with Crippen LogP contribution >= 0.6 is 23.5 Å². The van der Waals surface area contributed by atoms with Crippen molar-refractivity contribution in [2.24, 2.45) is 0 Å². The Bertz CT molecular complexity index is 2870. The van der Waals surface area contributed by atoms with Crippen molar-refractivity contribution in [2.75, 3.05) is 19.8 Å². The largest absolute Gasteiger partial charge is 0.472 e. The monoisotopic (exact) mass is 1020 g/mol. The molecule has 372 valence electrons. The predicted molar refractivity (Wildman–Crippen MR) is 213 cm³/mol. The summed E-state index contributed by atoms with van der Waals surface area (Å²) in [6.45, 7) is 1.28. The summed E-state index contributed by atoms with van der Waals surface area (Å²) < 4.78 is 87.4. The molecule has 35 heteroatoms. The highest BCUT2D eigenvalue weighted by atomic mass is 31.2. The number of aryl methyl sites for hydroxylation is 3. The average molecular weight is 1020 g/mol. The highest BCUT2D eigenvalue weighted by molar-refractivity contribution is 7.47. The summed E-state index contributed by atoms with van der Waals surface area (Å²) in [6.07, 6.45) is -20.3. The number of carbonyl (C=O) groups is 1. The highest BCUT2D eigenvalue weighted by Gasteiger charge is 2.54. The number of aromatic amines is 3. The molecule has 3 aliphatic rings. The Kier molecular flexibility index (Phi) is 15.4. The van der Waals surface area contributed by atoms with Crippen LogP contribution in [0.25, 0.3) is 0 Å². The molecule has 0 saturated carbocycles. The highest BCUT2D eigenvalue weighted by Crippen LogP contribution is 2.52. The van der Waals surface area contributed by atoms with E-state index in [0.29, 0.717) is 9.13 Å². The lowest BCUT2D eigenvalue weighted by Crippen LogP contribution is -2.40. The number of aromatic nitrogens is 6. The first-order valence-electron chi connectivity index (χ1n) is 19.2. The minimum atomic E-state index is -5.64. The summed E-state index contributed by atoms with van der Waals surface area (Å²) in [5, 5.41) is 33.6. The zero-order valence-corrected chi connectivity index (χ0v) is 37.5. The summed E-state index contributed by atoms with van der Waals surface area (Å²) in [5.74, 6) is -0.983. The normalized spacial score (nSPS) is 30.6. The molecule has 0 spiro atoms. The van der Waals surface area contributed by atoms with Crippen molar-refractivity contribution in [3.8, 4) is 0 Å². The van der Waals surface area contributed by atoms with Crippen LogP contribution in [0.5, 0.6) is 0 Å². The summed E-state index contributed by atoms with van der Waals surface area (Å²) in [7, 11) is -16.5. The fourth-order valence-electron chi connectivity index (χ4n) is 7.05. The number of esters is 1. The number of aliphatic hydroxyl groups is 3. The van der Waals surface area contributed by atoms with Crippen LogP contribution in [0.1, 0.15) is 42.3 Å². The van der Waals surface area contributed by atoms with E-state index >= 15 is 0 Å². The van der Waals surface area contributed by atoms with Crippen molar-refractivity contribution >= 4 is 29.4 Å². The summed E-state index contributed by atoms with van der Waals surface area (Å²) in [5.41, 5.74) is -6.04. The molecular formula is C32H43N6O26P3. The molecule has 6 heterocycles. The van der Waals surface area contributed by atoms with Crippen molar-refractivity contribution in [1.29, 1.82) is 0 Å². The predicted octanol–water partition coefficient (Wildman–Crippen LogP) is -4.62. The molecule has 0 aliphatic carbocycles. The van der Waals surface area contributed by atoms with Gasteiger partial charge in [-0.05, 0) is 20.8 Å². The van der Waals surface area contributed by atoms with Crippen molar-refractivity contribution < 1.29 is 94.9 Å². The lowest BCUT2D eigenvalue weighted by Gasteiger charge is -2.26. The third-order valence-corrected chi connectivity index (χ3v) is 12.7. The first kappa shape index (κ1) is 52.0. The quantitative estimate of drug-likeness (QED) is 0.0449. The maximum absolute atomic E-state index is 13.6. The molecule has 2 unspecified atom stereocenters. The van der Waals surface area contributed by atoms with Crippen LogP contribution in [0.2, 0.25) is 0 Å². The lowest BCUT2D eigenvalue weighted by molar-refractivity contribution is -0.153. The second-order valence-corrected chi connectivity index (χ2v) is 19.2. The molecule has 3 aromatic rings. The number of hydrogen-bond donors (Lipinski definition) is 10. The fourth-order valence-corrected chi connectivity index (χ4v) is 9.32. The van der Waals surface area contributed by atoms with Gasteiger partial charge >= 0.3 is 46.5 Å². The van der Waals surface area contributed by atoms with E-state index in [1.54, 1.807) is 0 Å². The number of carbonyl (C=O) groups excluding carboxylic acids is 1. The topological polar surface area (TPSA) is 458 Å². The maximum atomic E-state index is 13.6. The molecule has 3 saturated heterocycles. The summed E-state index contributed by atoms with van der Waals surface area (Å²) >= 11 is 0. The second kappa shape index (κ2) is 19.9. The zero-order valence-electron chi connectivity index (χ0n) is 34.9. The number of rotatable bonds is 17. The average Bonchev–Trinajstić information content (AvgIpc) is 3.81. The summed E-state index contributed by atoms with van der Waals surface area (Å²) in [6, 6.07) is 0. The first-order chi connectivity index (χ1) is 31.1. The molecule has 6 rings (SSSR count). The minimum Gasteiger partial charge on any atom is -0.457 e. The Morgan fingerprint density at radius 1 is 0.567 bits per heavy atom. The van der Waals surface area contributed by atoms with Crippen LogP contribution in [0.4, 0.5) is 0 Å². The van der Waals surface area contributed by atoms with Gasteiger partial charge in [0.2, 0.25) is 0 Å². The maximum Gasteiger partial charge on any atom is 0.472 e. The second-order valence-electron chi connectivity index (χ2n) is 15.1. The molecule has 3 fully saturated rings. The number of ether oxygens (including phenoxy) is 4.